The van der Waals surface area contributed by atoms with Gasteiger partial charge in [0.15, 0.2) is 0 Å². The van der Waals surface area contributed by atoms with Gasteiger partial charge in [-0.15, -0.1) is 0 Å². The van der Waals surface area contributed by atoms with Crippen LogP contribution in [0, 0.1) is 5.82 Å². The van der Waals surface area contributed by atoms with Gasteiger partial charge >= 0.3 is 0 Å². The fourth-order valence-electron chi connectivity index (χ4n) is 4.70. The van der Waals surface area contributed by atoms with Gasteiger partial charge in [-0.3, -0.25) is 9.69 Å². The van der Waals surface area contributed by atoms with Crippen molar-refractivity contribution < 1.29 is 13.9 Å². The highest BCUT2D eigenvalue weighted by atomic mass is 19.1. The smallest absolute Gasteiger partial charge is 0.271 e. The molecule has 1 fully saturated rings. The van der Waals surface area contributed by atoms with Gasteiger partial charge in [-0.05, 0) is 35.9 Å². The lowest BCUT2D eigenvalue weighted by Crippen LogP contribution is -2.49. The number of hydrogen-bond acceptors (Lipinski definition) is 3. The highest BCUT2D eigenvalue weighted by molar-refractivity contribution is 5.94. The monoisotopic (exact) mass is 405 g/mol. The molecular formula is C24H24FN3O2. The number of halogens is 1. The molecule has 5 nitrogen and oxygen atoms in total. The number of nitrogens with zero attached hydrogens (tertiary/aromatic N) is 3. The van der Waals surface area contributed by atoms with Crippen molar-refractivity contribution in [2.24, 2.45) is 0 Å². The molecule has 0 aliphatic carbocycles. The molecule has 0 bridgehead atoms. The molecule has 0 unspecified atom stereocenters. The highest BCUT2D eigenvalue weighted by Gasteiger charge is 2.44. The molecule has 6 heteroatoms. The van der Waals surface area contributed by atoms with E-state index >= 15 is 0 Å². The Bertz CT molecular complexity index is 1060. The zero-order valence-electron chi connectivity index (χ0n) is 16.9. The van der Waals surface area contributed by atoms with E-state index in [4.69, 9.17) is 4.74 Å². The summed E-state index contributed by atoms with van der Waals surface area (Å²) in [7, 11) is 1.64. The van der Waals surface area contributed by atoms with Gasteiger partial charge < -0.3 is 14.2 Å². The van der Waals surface area contributed by atoms with Crippen LogP contribution in [0.2, 0.25) is 0 Å². The lowest BCUT2D eigenvalue weighted by atomic mass is 10.0. The number of aromatic nitrogens is 1. The second-order valence-corrected chi connectivity index (χ2v) is 8.00. The van der Waals surface area contributed by atoms with Crippen LogP contribution < -0.4 is 4.74 Å². The maximum absolute atomic E-state index is 14.2. The highest BCUT2D eigenvalue weighted by Crippen LogP contribution is 2.35. The Morgan fingerprint density at radius 1 is 0.967 bits per heavy atom. The molecule has 0 radical (unpaired) electrons. The van der Waals surface area contributed by atoms with Crippen LogP contribution in [-0.2, 0) is 13.1 Å². The minimum absolute atomic E-state index is 0.0461. The van der Waals surface area contributed by atoms with E-state index in [2.05, 4.69) is 9.47 Å². The number of hydrogen-bond donors (Lipinski definition) is 0. The summed E-state index contributed by atoms with van der Waals surface area (Å²) in [5.74, 6) is 0.664. The summed E-state index contributed by atoms with van der Waals surface area (Å²) in [5.41, 5.74) is 2.48. The summed E-state index contributed by atoms with van der Waals surface area (Å²) >= 11 is 0. The molecular weight excluding hydrogens is 381 g/mol. The van der Waals surface area contributed by atoms with E-state index in [1.807, 2.05) is 59.6 Å². The number of fused-ring (bicyclic) bond motifs is 3. The van der Waals surface area contributed by atoms with E-state index in [1.165, 1.54) is 6.07 Å². The Morgan fingerprint density at radius 3 is 2.50 bits per heavy atom. The standard InChI is InChI=1S/C24H24FN3O2/c1-30-19-10-8-17(9-11-19)13-28-23-16-26(14-18-5-2-3-6-20(18)25)15-22(23)27-12-4-7-21(27)24(28)29/h2-12,22-23H,13-16H2,1H3/t22-,23-/m1/s1. The van der Waals surface area contributed by atoms with E-state index in [1.54, 1.807) is 13.2 Å². The molecule has 2 aliphatic heterocycles. The van der Waals surface area contributed by atoms with E-state index in [9.17, 15) is 9.18 Å². The number of ether oxygens (including phenoxy) is 1. The first-order valence-electron chi connectivity index (χ1n) is 10.2. The first-order valence-corrected chi connectivity index (χ1v) is 10.2. The molecule has 3 heterocycles. The molecule has 2 aliphatic rings. The number of amides is 1. The van der Waals surface area contributed by atoms with Crippen LogP contribution in [0.5, 0.6) is 5.75 Å². The van der Waals surface area contributed by atoms with Crippen molar-refractivity contribution >= 4 is 5.91 Å². The van der Waals surface area contributed by atoms with Crippen LogP contribution in [0.3, 0.4) is 0 Å². The van der Waals surface area contributed by atoms with E-state index in [-0.39, 0.29) is 23.8 Å². The molecule has 1 saturated heterocycles. The van der Waals surface area contributed by atoms with E-state index in [0.29, 0.717) is 18.7 Å². The van der Waals surface area contributed by atoms with Crippen molar-refractivity contribution in [3.05, 3.63) is 89.5 Å². The summed E-state index contributed by atoms with van der Waals surface area (Å²) in [6.07, 6.45) is 1.99. The first kappa shape index (κ1) is 18.9. The van der Waals surface area contributed by atoms with Crippen LogP contribution in [0.4, 0.5) is 4.39 Å². The number of rotatable bonds is 5. The Labute approximate surface area is 175 Å². The van der Waals surface area contributed by atoms with E-state index in [0.717, 1.165) is 30.1 Å². The summed E-state index contributed by atoms with van der Waals surface area (Å²) in [6.45, 7) is 2.59. The number of carbonyl (C=O) groups is 1. The largest absolute Gasteiger partial charge is 0.497 e. The summed E-state index contributed by atoms with van der Waals surface area (Å²) in [4.78, 5) is 17.5. The Balaban J connectivity index is 1.42. The van der Waals surface area contributed by atoms with Gasteiger partial charge in [0.05, 0.1) is 19.2 Å². The van der Waals surface area contributed by atoms with Crippen LogP contribution in [-0.4, -0.2) is 46.5 Å². The first-order chi connectivity index (χ1) is 14.6. The fourth-order valence-corrected chi connectivity index (χ4v) is 4.70. The normalized spacial score (nSPS) is 20.9. The zero-order valence-corrected chi connectivity index (χ0v) is 16.9. The van der Waals surface area contributed by atoms with Crippen LogP contribution >= 0.6 is 0 Å². The second kappa shape index (κ2) is 7.61. The molecule has 0 saturated carbocycles. The van der Waals surface area contributed by atoms with Crippen molar-refractivity contribution in [2.45, 2.75) is 25.2 Å². The van der Waals surface area contributed by atoms with Gasteiger partial charge in [-0.2, -0.15) is 0 Å². The predicted molar refractivity (Wildman–Crippen MR) is 112 cm³/mol. The topological polar surface area (TPSA) is 37.7 Å². The summed E-state index contributed by atoms with van der Waals surface area (Å²) in [6, 6.07) is 18.8. The van der Waals surface area contributed by atoms with Crippen molar-refractivity contribution in [3.63, 3.8) is 0 Å². The molecule has 30 heavy (non-hydrogen) atoms. The molecule has 154 valence electrons. The lowest BCUT2D eigenvalue weighted by molar-refractivity contribution is 0.0556. The summed E-state index contributed by atoms with van der Waals surface area (Å²) in [5, 5.41) is 0. The molecule has 0 spiro atoms. The third kappa shape index (κ3) is 3.27. The molecule has 2 aromatic carbocycles. The Hall–Kier alpha value is -3.12. The zero-order chi connectivity index (χ0) is 20.7. The van der Waals surface area contributed by atoms with Gasteiger partial charge in [0, 0.05) is 37.9 Å². The number of benzene rings is 2. The predicted octanol–water partition coefficient (Wildman–Crippen LogP) is 3.72. The number of likely N-dealkylation sites (tertiary alicyclic amines) is 1. The maximum atomic E-state index is 14.2. The van der Waals surface area contributed by atoms with Crippen LogP contribution in [0.15, 0.2) is 66.9 Å². The SMILES string of the molecule is COc1ccc(CN2C(=O)c3cccn3[C@@H]3CN(Cc4ccccc4F)C[C@H]32)cc1. The van der Waals surface area contributed by atoms with Gasteiger partial charge in [-0.25, -0.2) is 4.39 Å². The lowest BCUT2D eigenvalue weighted by Gasteiger charge is -2.38. The molecule has 3 aromatic rings. The van der Waals surface area contributed by atoms with Crippen LogP contribution in [0.25, 0.3) is 0 Å². The minimum atomic E-state index is -0.180. The van der Waals surface area contributed by atoms with Gasteiger partial charge in [0.25, 0.3) is 5.91 Å². The van der Waals surface area contributed by atoms with E-state index < -0.39 is 0 Å². The minimum Gasteiger partial charge on any atom is -0.497 e. The Morgan fingerprint density at radius 2 is 1.73 bits per heavy atom. The van der Waals surface area contributed by atoms with Crippen molar-refractivity contribution in [3.8, 4) is 5.75 Å². The third-order valence-electron chi connectivity index (χ3n) is 6.21. The second-order valence-electron chi connectivity index (χ2n) is 8.00. The quantitative estimate of drug-likeness (QED) is 0.649. The molecule has 2 atom stereocenters. The average molecular weight is 405 g/mol. The van der Waals surface area contributed by atoms with Crippen molar-refractivity contribution in [2.75, 3.05) is 20.2 Å². The average Bonchev–Trinajstić information content (AvgIpc) is 3.40. The van der Waals surface area contributed by atoms with Crippen LogP contribution in [0.1, 0.15) is 27.7 Å². The Kier molecular flexibility index (Phi) is 4.79. The third-order valence-corrected chi connectivity index (χ3v) is 6.21. The van der Waals surface area contributed by atoms with Gasteiger partial charge in [0.2, 0.25) is 0 Å². The molecule has 1 amide bonds. The molecule has 1 aromatic heterocycles. The maximum Gasteiger partial charge on any atom is 0.271 e. The number of carbonyl (C=O) groups excluding carboxylic acids is 1. The molecule has 5 rings (SSSR count). The number of methoxy groups -OCH3 is 1. The van der Waals surface area contributed by atoms with Crippen molar-refractivity contribution in [1.82, 2.24) is 14.4 Å². The fraction of sp³-hybridized carbons (Fsp3) is 0.292. The molecule has 0 N–H and O–H groups in total. The summed E-state index contributed by atoms with van der Waals surface area (Å²) < 4.78 is 21.5. The van der Waals surface area contributed by atoms with Crippen molar-refractivity contribution in [1.29, 1.82) is 0 Å². The van der Waals surface area contributed by atoms with Gasteiger partial charge in [0.1, 0.15) is 17.3 Å². The van der Waals surface area contributed by atoms with Gasteiger partial charge in [-0.1, -0.05) is 30.3 Å².